The molecular weight excluding hydrogens is 286 g/mol. The number of amidine groups is 1. The summed E-state index contributed by atoms with van der Waals surface area (Å²) in [4.78, 5) is 9.20. The van der Waals surface area contributed by atoms with Gasteiger partial charge in [0.1, 0.15) is 5.01 Å². The first-order valence-electron chi connectivity index (χ1n) is 6.59. The van der Waals surface area contributed by atoms with E-state index in [9.17, 15) is 0 Å². The molecule has 2 heterocycles. The van der Waals surface area contributed by atoms with Crippen LogP contribution in [0.4, 0.5) is 0 Å². The van der Waals surface area contributed by atoms with Crippen LogP contribution in [0.5, 0.6) is 0 Å². The van der Waals surface area contributed by atoms with Crippen molar-refractivity contribution < 1.29 is 0 Å². The fourth-order valence-corrected chi connectivity index (χ4v) is 3.97. The Bertz CT molecular complexity index is 591. The summed E-state index contributed by atoms with van der Waals surface area (Å²) in [5.74, 6) is 1.00. The van der Waals surface area contributed by atoms with E-state index in [1.165, 1.54) is 5.56 Å². The Morgan fingerprint density at radius 2 is 2.05 bits per heavy atom. The largest absolute Gasteiger partial charge is 0.354 e. The fourth-order valence-electron chi connectivity index (χ4n) is 2.14. The molecule has 0 aliphatic carbocycles. The van der Waals surface area contributed by atoms with E-state index in [0.29, 0.717) is 0 Å². The molecule has 5 heteroatoms. The van der Waals surface area contributed by atoms with E-state index in [2.05, 4.69) is 48.4 Å². The molecule has 104 valence electrons. The summed E-state index contributed by atoms with van der Waals surface area (Å²) in [6.45, 7) is 4.29. The molecule has 1 N–H and O–H groups in total. The van der Waals surface area contributed by atoms with Crippen molar-refractivity contribution >= 4 is 28.3 Å². The fraction of sp³-hybridized carbons (Fsp3) is 0.333. The topological polar surface area (TPSA) is 37.3 Å². The monoisotopic (exact) mass is 303 g/mol. The standard InChI is InChI=1S/C15H17N3S2/c1-15(2,13-16-8-9-19-13)18-14-17-12(10-20-14)11-6-4-3-5-7-11/h3-9,12H,10H2,1-2H3,(H,17,18). The van der Waals surface area contributed by atoms with E-state index in [1.807, 2.05) is 17.6 Å². The minimum atomic E-state index is -0.175. The molecule has 1 unspecified atom stereocenters. The summed E-state index contributed by atoms with van der Waals surface area (Å²) in [5, 5.41) is 7.63. The van der Waals surface area contributed by atoms with E-state index in [4.69, 9.17) is 4.99 Å². The number of nitrogens with one attached hydrogen (secondary N) is 1. The molecule has 0 fully saturated rings. The van der Waals surface area contributed by atoms with Gasteiger partial charge in [-0.05, 0) is 19.4 Å². The number of aromatic nitrogens is 1. The van der Waals surface area contributed by atoms with E-state index >= 15 is 0 Å². The van der Waals surface area contributed by atoms with Crippen molar-refractivity contribution in [2.24, 2.45) is 4.99 Å². The number of aliphatic imine (C=N–C) groups is 1. The second kappa shape index (κ2) is 5.58. The Morgan fingerprint density at radius 3 is 2.75 bits per heavy atom. The highest BCUT2D eigenvalue weighted by Crippen LogP contribution is 2.31. The third kappa shape index (κ3) is 2.88. The molecule has 2 aromatic rings. The lowest BCUT2D eigenvalue weighted by Crippen LogP contribution is -2.39. The molecule has 1 atom stereocenters. The van der Waals surface area contributed by atoms with Gasteiger partial charge < -0.3 is 5.32 Å². The number of thiazole rings is 1. The predicted molar refractivity (Wildman–Crippen MR) is 87.4 cm³/mol. The smallest absolute Gasteiger partial charge is 0.158 e. The van der Waals surface area contributed by atoms with Gasteiger partial charge in [-0.3, -0.25) is 4.99 Å². The number of hydrogen-bond donors (Lipinski definition) is 1. The van der Waals surface area contributed by atoms with Crippen LogP contribution in [0.15, 0.2) is 46.9 Å². The second-order valence-electron chi connectivity index (χ2n) is 5.26. The van der Waals surface area contributed by atoms with Gasteiger partial charge in [0.05, 0.1) is 11.6 Å². The summed E-state index contributed by atoms with van der Waals surface area (Å²) in [6.07, 6.45) is 1.85. The summed E-state index contributed by atoms with van der Waals surface area (Å²) < 4.78 is 0. The molecule has 1 aliphatic heterocycles. The molecule has 1 aromatic heterocycles. The van der Waals surface area contributed by atoms with Crippen LogP contribution in [-0.4, -0.2) is 15.9 Å². The van der Waals surface area contributed by atoms with Crippen LogP contribution in [-0.2, 0) is 5.54 Å². The highest BCUT2D eigenvalue weighted by atomic mass is 32.2. The molecule has 1 aliphatic rings. The number of hydrogen-bond acceptors (Lipinski definition) is 5. The zero-order chi connectivity index (χ0) is 14.0. The van der Waals surface area contributed by atoms with Crippen molar-refractivity contribution in [1.82, 2.24) is 10.3 Å². The average Bonchev–Trinajstić information content (AvgIpc) is 3.10. The van der Waals surface area contributed by atoms with Gasteiger partial charge in [-0.1, -0.05) is 42.1 Å². The minimum absolute atomic E-state index is 0.175. The zero-order valence-corrected chi connectivity index (χ0v) is 13.2. The van der Waals surface area contributed by atoms with Gasteiger partial charge in [0.15, 0.2) is 5.17 Å². The molecule has 3 rings (SSSR count). The highest BCUT2D eigenvalue weighted by molar-refractivity contribution is 8.14. The molecule has 1 aromatic carbocycles. The third-order valence-corrected chi connectivity index (χ3v) is 5.28. The van der Waals surface area contributed by atoms with E-state index in [1.54, 1.807) is 23.1 Å². The maximum atomic E-state index is 4.80. The zero-order valence-electron chi connectivity index (χ0n) is 11.5. The van der Waals surface area contributed by atoms with Gasteiger partial charge in [-0.2, -0.15) is 0 Å². The van der Waals surface area contributed by atoms with E-state index in [-0.39, 0.29) is 11.6 Å². The maximum Gasteiger partial charge on any atom is 0.158 e. The number of rotatable bonds is 3. The van der Waals surface area contributed by atoms with Crippen LogP contribution in [0, 0.1) is 0 Å². The van der Waals surface area contributed by atoms with Crippen molar-refractivity contribution in [1.29, 1.82) is 0 Å². The normalized spacial score (nSPS) is 18.9. The average molecular weight is 303 g/mol. The molecule has 0 bridgehead atoms. The molecule has 0 spiro atoms. The molecular formula is C15H17N3S2. The van der Waals surface area contributed by atoms with Crippen LogP contribution in [0.2, 0.25) is 0 Å². The first kappa shape index (κ1) is 13.6. The van der Waals surface area contributed by atoms with Crippen LogP contribution in [0.25, 0.3) is 0 Å². The minimum Gasteiger partial charge on any atom is -0.354 e. The van der Waals surface area contributed by atoms with Gasteiger partial charge in [-0.25, -0.2) is 4.98 Å². The Labute approximate surface area is 127 Å². The van der Waals surface area contributed by atoms with E-state index in [0.717, 1.165) is 15.9 Å². The van der Waals surface area contributed by atoms with Gasteiger partial charge in [0, 0.05) is 17.3 Å². The lowest BCUT2D eigenvalue weighted by molar-refractivity contribution is 0.486. The Kier molecular flexibility index (Phi) is 3.81. The molecule has 0 radical (unpaired) electrons. The Balaban J connectivity index is 1.73. The summed E-state index contributed by atoms with van der Waals surface area (Å²) in [7, 11) is 0. The van der Waals surface area contributed by atoms with Crippen molar-refractivity contribution in [2.45, 2.75) is 25.4 Å². The van der Waals surface area contributed by atoms with Gasteiger partial charge in [0.2, 0.25) is 0 Å². The second-order valence-corrected chi connectivity index (χ2v) is 7.16. The summed E-state index contributed by atoms with van der Waals surface area (Å²) in [5.41, 5.74) is 1.11. The summed E-state index contributed by atoms with van der Waals surface area (Å²) in [6, 6.07) is 10.7. The maximum absolute atomic E-state index is 4.80. The molecule has 0 amide bonds. The number of benzene rings is 1. The van der Waals surface area contributed by atoms with Gasteiger partial charge >= 0.3 is 0 Å². The van der Waals surface area contributed by atoms with Crippen molar-refractivity contribution in [3.05, 3.63) is 52.5 Å². The van der Waals surface area contributed by atoms with Gasteiger partial charge in [0.25, 0.3) is 0 Å². The van der Waals surface area contributed by atoms with Crippen LogP contribution in [0.1, 0.15) is 30.5 Å². The Morgan fingerprint density at radius 1 is 1.25 bits per heavy atom. The quantitative estimate of drug-likeness (QED) is 0.937. The predicted octanol–water partition coefficient (Wildman–Crippen LogP) is 3.81. The lowest BCUT2D eigenvalue weighted by Gasteiger charge is -2.24. The third-order valence-electron chi connectivity index (χ3n) is 3.22. The van der Waals surface area contributed by atoms with Crippen LogP contribution in [0.3, 0.4) is 0 Å². The molecule has 0 saturated carbocycles. The molecule has 3 nitrogen and oxygen atoms in total. The summed E-state index contributed by atoms with van der Waals surface area (Å²) >= 11 is 3.46. The lowest BCUT2D eigenvalue weighted by atomic mass is 10.1. The van der Waals surface area contributed by atoms with Gasteiger partial charge in [-0.15, -0.1) is 11.3 Å². The highest BCUT2D eigenvalue weighted by Gasteiger charge is 2.28. The van der Waals surface area contributed by atoms with Crippen LogP contribution >= 0.6 is 23.1 Å². The molecule has 20 heavy (non-hydrogen) atoms. The van der Waals surface area contributed by atoms with Crippen molar-refractivity contribution in [3.63, 3.8) is 0 Å². The first-order chi connectivity index (χ1) is 9.65. The SMILES string of the molecule is CC(C)(NC1=NC(c2ccccc2)CS1)c1nccs1. The van der Waals surface area contributed by atoms with E-state index < -0.39 is 0 Å². The Hall–Kier alpha value is -1.33. The van der Waals surface area contributed by atoms with Crippen molar-refractivity contribution in [2.75, 3.05) is 5.75 Å². The van der Waals surface area contributed by atoms with Crippen molar-refractivity contribution in [3.8, 4) is 0 Å². The molecule has 0 saturated heterocycles. The number of nitrogens with zero attached hydrogens (tertiary/aromatic N) is 2. The number of thioether (sulfide) groups is 1. The van der Waals surface area contributed by atoms with Crippen LogP contribution < -0.4 is 5.32 Å². The first-order valence-corrected chi connectivity index (χ1v) is 8.45.